The second-order valence-electron chi connectivity index (χ2n) is 2.49. The number of alkyl halides is 2. The van der Waals surface area contributed by atoms with Gasteiger partial charge in [0.05, 0.1) is 6.61 Å². The third-order valence-corrected chi connectivity index (χ3v) is 1.10. The van der Waals surface area contributed by atoms with E-state index in [1.807, 2.05) is 0 Å². The number of carbonyl (C=O) groups excluding carboxylic acids is 1. The van der Waals surface area contributed by atoms with Crippen LogP contribution in [-0.4, -0.2) is 25.2 Å². The first-order valence-electron chi connectivity index (χ1n) is 3.74. The topological polar surface area (TPSA) is 38.3 Å². The van der Waals surface area contributed by atoms with Gasteiger partial charge in [-0.2, -0.15) is 0 Å². The van der Waals surface area contributed by atoms with E-state index >= 15 is 0 Å². The zero-order valence-electron chi connectivity index (χ0n) is 7.19. The Bertz CT molecular complexity index is 145. The SMILES string of the molecule is CCNC(=O)OCCC(C)(F)F. The lowest BCUT2D eigenvalue weighted by Crippen LogP contribution is -2.25. The van der Waals surface area contributed by atoms with Crippen LogP contribution in [0.25, 0.3) is 0 Å². The molecule has 0 atom stereocenters. The number of amides is 1. The Labute approximate surface area is 70.1 Å². The molecule has 0 radical (unpaired) electrons. The van der Waals surface area contributed by atoms with Gasteiger partial charge in [-0.15, -0.1) is 0 Å². The van der Waals surface area contributed by atoms with E-state index in [0.29, 0.717) is 6.54 Å². The van der Waals surface area contributed by atoms with Crippen molar-refractivity contribution in [3.8, 4) is 0 Å². The minimum atomic E-state index is -2.77. The molecule has 5 heteroatoms. The number of rotatable bonds is 4. The van der Waals surface area contributed by atoms with E-state index in [0.717, 1.165) is 6.92 Å². The van der Waals surface area contributed by atoms with E-state index in [1.165, 1.54) is 0 Å². The summed E-state index contributed by atoms with van der Waals surface area (Å²) in [6, 6.07) is 0. The first-order valence-corrected chi connectivity index (χ1v) is 3.74. The van der Waals surface area contributed by atoms with Gasteiger partial charge in [-0.25, -0.2) is 13.6 Å². The summed E-state index contributed by atoms with van der Waals surface area (Å²) in [7, 11) is 0. The maximum absolute atomic E-state index is 12.1. The summed E-state index contributed by atoms with van der Waals surface area (Å²) >= 11 is 0. The van der Waals surface area contributed by atoms with Crippen molar-refractivity contribution in [3.05, 3.63) is 0 Å². The third-order valence-electron chi connectivity index (χ3n) is 1.10. The Morgan fingerprint density at radius 2 is 2.17 bits per heavy atom. The zero-order valence-corrected chi connectivity index (χ0v) is 7.19. The molecule has 0 spiro atoms. The molecule has 0 saturated heterocycles. The minimum absolute atomic E-state index is 0.255. The molecule has 0 aromatic carbocycles. The van der Waals surface area contributed by atoms with Crippen molar-refractivity contribution in [1.29, 1.82) is 0 Å². The molecule has 0 aliphatic rings. The van der Waals surface area contributed by atoms with Crippen LogP contribution < -0.4 is 5.32 Å². The first kappa shape index (κ1) is 11.1. The molecule has 0 unspecified atom stereocenters. The molecule has 0 fully saturated rings. The van der Waals surface area contributed by atoms with Gasteiger partial charge in [0.15, 0.2) is 0 Å². The van der Waals surface area contributed by atoms with Gasteiger partial charge < -0.3 is 10.1 Å². The lowest BCUT2D eigenvalue weighted by atomic mass is 10.3. The van der Waals surface area contributed by atoms with Crippen molar-refractivity contribution in [2.45, 2.75) is 26.2 Å². The quantitative estimate of drug-likeness (QED) is 0.717. The maximum Gasteiger partial charge on any atom is 0.407 e. The molecule has 0 rings (SSSR count). The van der Waals surface area contributed by atoms with Gasteiger partial charge >= 0.3 is 6.09 Å². The average molecular weight is 181 g/mol. The van der Waals surface area contributed by atoms with E-state index in [4.69, 9.17) is 0 Å². The number of alkyl carbamates (subject to hydrolysis) is 1. The Balaban J connectivity index is 3.37. The molecule has 0 saturated carbocycles. The summed E-state index contributed by atoms with van der Waals surface area (Å²) < 4.78 is 28.7. The Morgan fingerprint density at radius 3 is 2.58 bits per heavy atom. The van der Waals surface area contributed by atoms with Crippen molar-refractivity contribution >= 4 is 6.09 Å². The maximum atomic E-state index is 12.1. The molecule has 0 heterocycles. The lowest BCUT2D eigenvalue weighted by Gasteiger charge is -2.09. The zero-order chi connectivity index (χ0) is 9.61. The van der Waals surface area contributed by atoms with Crippen LogP contribution in [-0.2, 0) is 4.74 Å². The van der Waals surface area contributed by atoms with Gasteiger partial charge in [0.25, 0.3) is 0 Å². The van der Waals surface area contributed by atoms with E-state index in [9.17, 15) is 13.6 Å². The highest BCUT2D eigenvalue weighted by Gasteiger charge is 2.21. The second kappa shape index (κ2) is 4.90. The van der Waals surface area contributed by atoms with Crippen molar-refractivity contribution in [3.63, 3.8) is 0 Å². The Hall–Kier alpha value is -0.870. The molecule has 0 aliphatic heterocycles. The van der Waals surface area contributed by atoms with Crippen LogP contribution in [0.2, 0.25) is 0 Å². The average Bonchev–Trinajstić information content (AvgIpc) is 1.84. The number of hydrogen-bond donors (Lipinski definition) is 1. The van der Waals surface area contributed by atoms with Crippen LogP contribution >= 0.6 is 0 Å². The van der Waals surface area contributed by atoms with E-state index in [1.54, 1.807) is 6.92 Å². The fourth-order valence-corrected chi connectivity index (χ4v) is 0.518. The Kier molecular flexibility index (Phi) is 4.54. The van der Waals surface area contributed by atoms with Crippen molar-refractivity contribution in [2.24, 2.45) is 0 Å². The van der Waals surface area contributed by atoms with Gasteiger partial charge in [-0.1, -0.05) is 0 Å². The fourth-order valence-electron chi connectivity index (χ4n) is 0.518. The lowest BCUT2D eigenvalue weighted by molar-refractivity contribution is -0.00503. The predicted octanol–water partition coefficient (Wildman–Crippen LogP) is 1.78. The number of nitrogens with one attached hydrogen (secondary N) is 1. The highest BCUT2D eigenvalue weighted by atomic mass is 19.3. The highest BCUT2D eigenvalue weighted by Crippen LogP contribution is 2.15. The molecule has 1 N–H and O–H groups in total. The van der Waals surface area contributed by atoms with Gasteiger partial charge in [0, 0.05) is 13.0 Å². The second-order valence-corrected chi connectivity index (χ2v) is 2.49. The van der Waals surface area contributed by atoms with Gasteiger partial charge in [-0.3, -0.25) is 0 Å². The third kappa shape index (κ3) is 7.24. The largest absolute Gasteiger partial charge is 0.449 e. The monoisotopic (exact) mass is 181 g/mol. The summed E-state index contributed by atoms with van der Waals surface area (Å²) in [4.78, 5) is 10.6. The Morgan fingerprint density at radius 1 is 1.58 bits per heavy atom. The van der Waals surface area contributed by atoms with Gasteiger partial charge in [-0.05, 0) is 13.8 Å². The molecule has 3 nitrogen and oxygen atoms in total. The van der Waals surface area contributed by atoms with Crippen LogP contribution in [0.1, 0.15) is 20.3 Å². The van der Waals surface area contributed by atoms with Crippen LogP contribution in [0.15, 0.2) is 0 Å². The highest BCUT2D eigenvalue weighted by molar-refractivity contribution is 5.66. The molecule has 0 aliphatic carbocycles. The van der Waals surface area contributed by atoms with Crippen LogP contribution in [0, 0.1) is 0 Å². The summed E-state index contributed by atoms with van der Waals surface area (Å²) in [6.07, 6.45) is -1.09. The van der Waals surface area contributed by atoms with E-state index < -0.39 is 18.4 Å². The molecule has 0 bridgehead atoms. The summed E-state index contributed by atoms with van der Waals surface area (Å²) in [5, 5.41) is 2.33. The molecule has 72 valence electrons. The summed E-state index contributed by atoms with van der Waals surface area (Å²) in [5.41, 5.74) is 0. The molecule has 0 aromatic heterocycles. The summed E-state index contributed by atoms with van der Waals surface area (Å²) in [5.74, 6) is -2.77. The predicted molar refractivity (Wildman–Crippen MR) is 40.3 cm³/mol. The number of hydrogen-bond acceptors (Lipinski definition) is 2. The van der Waals surface area contributed by atoms with E-state index in [2.05, 4.69) is 10.1 Å². The van der Waals surface area contributed by atoms with Crippen molar-refractivity contribution in [1.82, 2.24) is 5.32 Å². The number of carbonyl (C=O) groups is 1. The normalized spacial score (nSPS) is 11.0. The van der Waals surface area contributed by atoms with Crippen molar-refractivity contribution in [2.75, 3.05) is 13.2 Å². The smallest absolute Gasteiger partial charge is 0.407 e. The molecular weight excluding hydrogens is 168 g/mol. The van der Waals surface area contributed by atoms with Crippen LogP contribution in [0.4, 0.5) is 13.6 Å². The van der Waals surface area contributed by atoms with E-state index in [-0.39, 0.29) is 6.61 Å². The van der Waals surface area contributed by atoms with Crippen LogP contribution in [0.3, 0.4) is 0 Å². The first-order chi connectivity index (χ1) is 5.45. The fraction of sp³-hybridized carbons (Fsp3) is 0.857. The molecular formula is C7H13F2NO2. The standard InChI is InChI=1S/C7H13F2NO2/c1-3-10-6(11)12-5-4-7(2,8)9/h3-5H2,1-2H3,(H,10,11). The number of halogens is 2. The molecule has 12 heavy (non-hydrogen) atoms. The minimum Gasteiger partial charge on any atom is -0.449 e. The van der Waals surface area contributed by atoms with Crippen LogP contribution in [0.5, 0.6) is 0 Å². The summed E-state index contributed by atoms with van der Waals surface area (Å²) in [6.45, 7) is 2.68. The molecule has 0 aromatic rings. The van der Waals surface area contributed by atoms with Crippen molar-refractivity contribution < 1.29 is 18.3 Å². The number of ether oxygens (including phenoxy) is 1. The van der Waals surface area contributed by atoms with Gasteiger partial charge in [0.2, 0.25) is 5.92 Å². The van der Waals surface area contributed by atoms with Gasteiger partial charge in [0.1, 0.15) is 0 Å². The molecule has 1 amide bonds.